The minimum atomic E-state index is 0.314. The number of rotatable bonds is 3. The van der Waals surface area contributed by atoms with Crippen LogP contribution in [0.25, 0.3) is 5.65 Å². The second kappa shape index (κ2) is 4.03. The quantitative estimate of drug-likeness (QED) is 0.846. The van der Waals surface area contributed by atoms with E-state index in [1.54, 1.807) is 16.9 Å². The molecule has 0 spiro atoms. The van der Waals surface area contributed by atoms with Gasteiger partial charge in [-0.25, -0.2) is 0 Å². The summed E-state index contributed by atoms with van der Waals surface area (Å²) in [5.74, 6) is 0.826. The van der Waals surface area contributed by atoms with Gasteiger partial charge in [-0.2, -0.15) is 4.52 Å². The van der Waals surface area contributed by atoms with Crippen LogP contribution in [0.4, 0.5) is 5.82 Å². The monoisotopic (exact) mass is 220 g/mol. The first kappa shape index (κ1) is 10.8. The summed E-state index contributed by atoms with van der Waals surface area (Å²) in [6.07, 6.45) is 4.44. The minimum absolute atomic E-state index is 0.314. The van der Waals surface area contributed by atoms with Gasteiger partial charge >= 0.3 is 0 Å². The molecule has 6 nitrogen and oxygen atoms in total. The van der Waals surface area contributed by atoms with Crippen LogP contribution in [0.15, 0.2) is 12.4 Å². The SMILES string of the molecule is CC(C)(C)CCNc1cncc2nnnn12. The first-order valence-electron chi connectivity index (χ1n) is 5.32. The van der Waals surface area contributed by atoms with Gasteiger partial charge in [-0.1, -0.05) is 20.8 Å². The van der Waals surface area contributed by atoms with Gasteiger partial charge in [-0.05, 0) is 22.3 Å². The summed E-state index contributed by atoms with van der Waals surface area (Å²) in [5, 5.41) is 14.6. The van der Waals surface area contributed by atoms with E-state index in [9.17, 15) is 0 Å². The molecule has 0 amide bonds. The largest absolute Gasteiger partial charge is 0.369 e. The van der Waals surface area contributed by atoms with E-state index in [1.165, 1.54) is 0 Å². The number of nitrogens with one attached hydrogen (secondary N) is 1. The molecule has 0 aliphatic rings. The lowest BCUT2D eigenvalue weighted by atomic mass is 9.92. The van der Waals surface area contributed by atoms with E-state index in [2.05, 4.69) is 46.6 Å². The van der Waals surface area contributed by atoms with Gasteiger partial charge in [0.1, 0.15) is 5.82 Å². The van der Waals surface area contributed by atoms with Crippen molar-refractivity contribution in [3.8, 4) is 0 Å². The van der Waals surface area contributed by atoms with Crippen molar-refractivity contribution < 1.29 is 0 Å². The van der Waals surface area contributed by atoms with Crippen LogP contribution in [-0.4, -0.2) is 31.6 Å². The predicted molar refractivity (Wildman–Crippen MR) is 61.1 cm³/mol. The molecule has 2 rings (SSSR count). The summed E-state index contributed by atoms with van der Waals surface area (Å²) < 4.78 is 1.65. The molecule has 86 valence electrons. The fourth-order valence-corrected chi connectivity index (χ4v) is 1.36. The Morgan fingerprint density at radius 1 is 1.31 bits per heavy atom. The molecule has 2 aromatic rings. The van der Waals surface area contributed by atoms with E-state index in [0.717, 1.165) is 18.8 Å². The maximum Gasteiger partial charge on any atom is 0.199 e. The summed E-state index contributed by atoms with van der Waals surface area (Å²) in [5.41, 5.74) is 0.968. The molecule has 0 saturated heterocycles. The third kappa shape index (κ3) is 2.44. The highest BCUT2D eigenvalue weighted by atomic mass is 15.5. The van der Waals surface area contributed by atoms with Crippen LogP contribution in [0, 0.1) is 5.41 Å². The lowest BCUT2D eigenvalue weighted by molar-refractivity contribution is 0.389. The van der Waals surface area contributed by atoms with Crippen molar-refractivity contribution in [3.05, 3.63) is 12.4 Å². The zero-order valence-corrected chi connectivity index (χ0v) is 9.80. The Kier molecular flexibility index (Phi) is 2.72. The normalized spacial score (nSPS) is 11.9. The van der Waals surface area contributed by atoms with Crippen LogP contribution < -0.4 is 5.32 Å². The smallest absolute Gasteiger partial charge is 0.199 e. The number of fused-ring (bicyclic) bond motifs is 1. The zero-order chi connectivity index (χ0) is 11.6. The molecule has 1 N–H and O–H groups in total. The molecule has 6 heteroatoms. The van der Waals surface area contributed by atoms with Crippen LogP contribution in [0.3, 0.4) is 0 Å². The van der Waals surface area contributed by atoms with Crippen LogP contribution in [-0.2, 0) is 0 Å². The third-order valence-corrected chi connectivity index (χ3v) is 2.29. The van der Waals surface area contributed by atoms with E-state index in [0.29, 0.717) is 11.1 Å². The van der Waals surface area contributed by atoms with Crippen LogP contribution >= 0.6 is 0 Å². The van der Waals surface area contributed by atoms with Crippen molar-refractivity contribution in [3.63, 3.8) is 0 Å². The van der Waals surface area contributed by atoms with Gasteiger partial charge in [0, 0.05) is 6.54 Å². The van der Waals surface area contributed by atoms with Gasteiger partial charge in [-0.3, -0.25) is 4.98 Å². The Balaban J connectivity index is 2.07. The molecule has 0 aromatic carbocycles. The van der Waals surface area contributed by atoms with E-state index in [-0.39, 0.29) is 0 Å². The lowest BCUT2D eigenvalue weighted by Gasteiger charge is -2.18. The van der Waals surface area contributed by atoms with Gasteiger partial charge in [0.2, 0.25) is 0 Å². The Bertz CT molecular complexity index is 469. The summed E-state index contributed by atoms with van der Waals surface area (Å²) in [6.45, 7) is 7.52. The standard InChI is InChI=1S/C10H16N6/c1-10(2,3)4-5-12-8-6-11-7-9-13-14-15-16(8)9/h6-7,12H,4-5H2,1-3H3. The summed E-state index contributed by atoms with van der Waals surface area (Å²) in [4.78, 5) is 4.07. The van der Waals surface area contributed by atoms with Gasteiger partial charge in [-0.15, -0.1) is 5.10 Å². The number of hydrogen-bond acceptors (Lipinski definition) is 5. The highest BCUT2D eigenvalue weighted by molar-refractivity contribution is 5.43. The molecular formula is C10H16N6. The van der Waals surface area contributed by atoms with E-state index in [4.69, 9.17) is 0 Å². The van der Waals surface area contributed by atoms with Gasteiger partial charge in [0.05, 0.1) is 12.4 Å². The van der Waals surface area contributed by atoms with Crippen molar-refractivity contribution >= 4 is 11.5 Å². The molecule has 0 saturated carbocycles. The maximum atomic E-state index is 4.07. The van der Waals surface area contributed by atoms with Crippen LogP contribution in [0.2, 0.25) is 0 Å². The minimum Gasteiger partial charge on any atom is -0.369 e. The van der Waals surface area contributed by atoms with Gasteiger partial charge < -0.3 is 5.32 Å². The fourth-order valence-electron chi connectivity index (χ4n) is 1.36. The Labute approximate surface area is 94.1 Å². The second-order valence-corrected chi connectivity index (χ2v) is 4.98. The topological polar surface area (TPSA) is 68.0 Å². The third-order valence-electron chi connectivity index (χ3n) is 2.29. The predicted octanol–water partition coefficient (Wildman–Crippen LogP) is 1.37. The highest BCUT2D eigenvalue weighted by Gasteiger charge is 2.10. The van der Waals surface area contributed by atoms with E-state index >= 15 is 0 Å². The lowest BCUT2D eigenvalue weighted by Crippen LogP contribution is -2.14. The number of anilines is 1. The van der Waals surface area contributed by atoms with Crippen molar-refractivity contribution in [1.82, 2.24) is 25.0 Å². The molecule has 0 radical (unpaired) electrons. The fraction of sp³-hybridized carbons (Fsp3) is 0.600. The summed E-state index contributed by atoms with van der Waals surface area (Å²) in [6, 6.07) is 0. The molecule has 0 unspecified atom stereocenters. The van der Waals surface area contributed by atoms with Gasteiger partial charge in [0.25, 0.3) is 0 Å². The molecule has 0 atom stereocenters. The Morgan fingerprint density at radius 3 is 2.88 bits per heavy atom. The molecule has 2 aromatic heterocycles. The zero-order valence-electron chi connectivity index (χ0n) is 9.80. The van der Waals surface area contributed by atoms with Crippen molar-refractivity contribution in [2.45, 2.75) is 27.2 Å². The molecule has 0 aliphatic heterocycles. The molecule has 0 fully saturated rings. The summed E-state index contributed by atoms with van der Waals surface area (Å²) >= 11 is 0. The first-order chi connectivity index (χ1) is 7.56. The average Bonchev–Trinajstić information content (AvgIpc) is 2.64. The van der Waals surface area contributed by atoms with E-state index in [1.807, 2.05) is 0 Å². The van der Waals surface area contributed by atoms with Crippen LogP contribution in [0.1, 0.15) is 27.2 Å². The van der Waals surface area contributed by atoms with Crippen molar-refractivity contribution in [2.24, 2.45) is 5.41 Å². The number of nitrogens with zero attached hydrogens (tertiary/aromatic N) is 5. The van der Waals surface area contributed by atoms with Crippen LogP contribution in [0.5, 0.6) is 0 Å². The molecular weight excluding hydrogens is 204 g/mol. The average molecular weight is 220 g/mol. The van der Waals surface area contributed by atoms with Crippen molar-refractivity contribution in [2.75, 3.05) is 11.9 Å². The number of hydrogen-bond donors (Lipinski definition) is 1. The molecule has 0 bridgehead atoms. The maximum absolute atomic E-state index is 4.07. The molecule has 2 heterocycles. The first-order valence-corrected chi connectivity index (χ1v) is 5.32. The molecule has 0 aliphatic carbocycles. The molecule has 16 heavy (non-hydrogen) atoms. The van der Waals surface area contributed by atoms with E-state index < -0.39 is 0 Å². The number of aromatic nitrogens is 5. The summed E-state index contributed by atoms with van der Waals surface area (Å²) in [7, 11) is 0. The Hall–Kier alpha value is -1.72. The number of tetrazole rings is 1. The second-order valence-electron chi connectivity index (χ2n) is 4.98. The highest BCUT2D eigenvalue weighted by Crippen LogP contribution is 2.18. The Morgan fingerprint density at radius 2 is 2.12 bits per heavy atom. The van der Waals surface area contributed by atoms with Crippen molar-refractivity contribution in [1.29, 1.82) is 0 Å². The van der Waals surface area contributed by atoms with Gasteiger partial charge in [0.15, 0.2) is 5.65 Å².